The van der Waals surface area contributed by atoms with Crippen molar-refractivity contribution in [3.63, 3.8) is 0 Å². The van der Waals surface area contributed by atoms with Gasteiger partial charge in [-0.1, -0.05) is 24.3 Å². The third-order valence-corrected chi connectivity index (χ3v) is 2.89. The molecule has 0 spiro atoms. The minimum absolute atomic E-state index is 0.190. The Morgan fingerprint density at radius 2 is 1.84 bits per heavy atom. The van der Waals surface area contributed by atoms with E-state index in [2.05, 4.69) is 11.4 Å². The Morgan fingerprint density at radius 3 is 2.53 bits per heavy atom. The molecule has 0 aliphatic rings. The van der Waals surface area contributed by atoms with Crippen LogP contribution < -0.4 is 5.32 Å². The molecule has 3 heteroatoms. The van der Waals surface area contributed by atoms with E-state index in [9.17, 15) is 4.39 Å². The zero-order valence-corrected chi connectivity index (χ0v) is 10.6. The summed E-state index contributed by atoms with van der Waals surface area (Å²) in [7, 11) is 0. The maximum atomic E-state index is 13.0. The van der Waals surface area contributed by atoms with Crippen molar-refractivity contribution >= 4 is 0 Å². The average Bonchev–Trinajstić information content (AvgIpc) is 2.44. The second kappa shape index (κ2) is 6.67. The van der Waals surface area contributed by atoms with Crippen molar-refractivity contribution in [1.29, 1.82) is 5.26 Å². The average molecular weight is 254 g/mol. The van der Waals surface area contributed by atoms with Crippen LogP contribution in [0.4, 0.5) is 4.39 Å². The Labute approximate surface area is 112 Å². The van der Waals surface area contributed by atoms with Gasteiger partial charge < -0.3 is 5.32 Å². The van der Waals surface area contributed by atoms with Gasteiger partial charge in [-0.2, -0.15) is 5.26 Å². The van der Waals surface area contributed by atoms with Crippen LogP contribution in [-0.4, -0.2) is 6.54 Å². The molecule has 0 amide bonds. The number of benzene rings is 2. The zero-order valence-electron chi connectivity index (χ0n) is 10.6. The fraction of sp³-hybridized carbons (Fsp3) is 0.188. The Bertz CT molecular complexity index is 570. The van der Waals surface area contributed by atoms with Crippen molar-refractivity contribution in [2.75, 3.05) is 6.54 Å². The number of nitrogens with one attached hydrogen (secondary N) is 1. The normalized spacial score (nSPS) is 10.1. The maximum absolute atomic E-state index is 13.0. The molecule has 19 heavy (non-hydrogen) atoms. The summed E-state index contributed by atoms with van der Waals surface area (Å²) in [6.07, 6.45) is 0.800. The van der Waals surface area contributed by atoms with Crippen LogP contribution >= 0.6 is 0 Å². The lowest BCUT2D eigenvalue weighted by molar-refractivity contribution is 0.622. The van der Waals surface area contributed by atoms with Gasteiger partial charge in [-0.25, -0.2) is 4.39 Å². The van der Waals surface area contributed by atoms with Crippen LogP contribution in [0.3, 0.4) is 0 Å². The molecular weight excluding hydrogens is 239 g/mol. The first-order valence-corrected chi connectivity index (χ1v) is 6.22. The van der Waals surface area contributed by atoms with Crippen LogP contribution in [-0.2, 0) is 13.0 Å². The Kier molecular flexibility index (Phi) is 4.66. The van der Waals surface area contributed by atoms with Crippen molar-refractivity contribution in [1.82, 2.24) is 5.32 Å². The monoisotopic (exact) mass is 254 g/mol. The van der Waals surface area contributed by atoms with Gasteiger partial charge >= 0.3 is 0 Å². The van der Waals surface area contributed by atoms with E-state index in [0.29, 0.717) is 5.56 Å². The lowest BCUT2D eigenvalue weighted by Crippen LogP contribution is -2.16. The fourth-order valence-electron chi connectivity index (χ4n) is 1.86. The molecule has 0 atom stereocenters. The van der Waals surface area contributed by atoms with Crippen LogP contribution in [0.15, 0.2) is 48.5 Å². The SMILES string of the molecule is N#Cc1ccc(CNCCc2cccc(F)c2)cc1. The third kappa shape index (κ3) is 4.20. The van der Waals surface area contributed by atoms with Crippen LogP contribution in [0.2, 0.25) is 0 Å². The van der Waals surface area contributed by atoms with Crippen LogP contribution in [0.5, 0.6) is 0 Å². The molecule has 0 bridgehead atoms. The molecule has 2 aromatic rings. The summed E-state index contributed by atoms with van der Waals surface area (Å²) in [6, 6.07) is 16.2. The summed E-state index contributed by atoms with van der Waals surface area (Å²) < 4.78 is 13.0. The molecule has 0 saturated carbocycles. The number of hydrogen-bond acceptors (Lipinski definition) is 2. The number of nitrogens with zero attached hydrogens (tertiary/aromatic N) is 1. The first-order valence-electron chi connectivity index (χ1n) is 6.22. The smallest absolute Gasteiger partial charge is 0.123 e. The van der Waals surface area contributed by atoms with Gasteiger partial charge in [0.1, 0.15) is 5.82 Å². The lowest BCUT2D eigenvalue weighted by Gasteiger charge is -2.05. The molecule has 0 aliphatic heterocycles. The lowest BCUT2D eigenvalue weighted by atomic mass is 10.1. The summed E-state index contributed by atoms with van der Waals surface area (Å²) >= 11 is 0. The number of hydrogen-bond donors (Lipinski definition) is 1. The van der Waals surface area contributed by atoms with Crippen LogP contribution in [0, 0.1) is 17.1 Å². The fourth-order valence-corrected chi connectivity index (χ4v) is 1.86. The van der Waals surface area contributed by atoms with Gasteiger partial charge in [0.2, 0.25) is 0 Å². The molecule has 1 N–H and O–H groups in total. The molecule has 2 nitrogen and oxygen atoms in total. The highest BCUT2D eigenvalue weighted by molar-refractivity contribution is 5.31. The second-order valence-electron chi connectivity index (χ2n) is 4.37. The molecule has 0 fully saturated rings. The van der Waals surface area contributed by atoms with E-state index >= 15 is 0 Å². The largest absolute Gasteiger partial charge is 0.312 e. The predicted octanol–water partition coefficient (Wildman–Crippen LogP) is 3.03. The minimum atomic E-state index is -0.190. The minimum Gasteiger partial charge on any atom is -0.312 e. The molecule has 0 radical (unpaired) electrons. The molecule has 0 aromatic heterocycles. The van der Waals surface area contributed by atoms with Gasteiger partial charge in [0.05, 0.1) is 11.6 Å². The summed E-state index contributed by atoms with van der Waals surface area (Å²) in [4.78, 5) is 0. The Morgan fingerprint density at radius 1 is 1.05 bits per heavy atom. The number of nitriles is 1. The van der Waals surface area contributed by atoms with Gasteiger partial charge in [0.25, 0.3) is 0 Å². The van der Waals surface area contributed by atoms with Crippen molar-refractivity contribution in [3.8, 4) is 6.07 Å². The third-order valence-electron chi connectivity index (χ3n) is 2.89. The molecule has 2 rings (SSSR count). The van der Waals surface area contributed by atoms with Gasteiger partial charge in [-0.05, 0) is 48.4 Å². The highest BCUT2D eigenvalue weighted by atomic mass is 19.1. The van der Waals surface area contributed by atoms with E-state index in [1.807, 2.05) is 30.3 Å². The van der Waals surface area contributed by atoms with E-state index in [1.165, 1.54) is 6.07 Å². The number of rotatable bonds is 5. The van der Waals surface area contributed by atoms with E-state index < -0.39 is 0 Å². The van der Waals surface area contributed by atoms with E-state index in [-0.39, 0.29) is 5.82 Å². The zero-order chi connectivity index (χ0) is 13.5. The quantitative estimate of drug-likeness (QED) is 0.832. The standard InChI is InChI=1S/C16H15FN2/c17-16-3-1-2-13(10-16)8-9-19-12-15-6-4-14(11-18)5-7-15/h1-7,10,19H,8-9,12H2. The first kappa shape index (κ1) is 13.3. The highest BCUT2D eigenvalue weighted by Crippen LogP contribution is 2.05. The van der Waals surface area contributed by atoms with Gasteiger partial charge in [0, 0.05) is 6.54 Å². The predicted molar refractivity (Wildman–Crippen MR) is 73.0 cm³/mol. The first-order chi connectivity index (χ1) is 9.28. The Balaban J connectivity index is 1.76. The topological polar surface area (TPSA) is 35.8 Å². The molecular formula is C16H15FN2. The van der Waals surface area contributed by atoms with Crippen LogP contribution in [0.25, 0.3) is 0 Å². The molecule has 0 unspecified atom stereocenters. The summed E-state index contributed by atoms with van der Waals surface area (Å²) in [6.45, 7) is 1.55. The maximum Gasteiger partial charge on any atom is 0.123 e. The summed E-state index contributed by atoms with van der Waals surface area (Å²) in [5.74, 6) is -0.190. The van der Waals surface area contributed by atoms with Gasteiger partial charge in [-0.15, -0.1) is 0 Å². The van der Waals surface area contributed by atoms with Crippen molar-refractivity contribution in [2.24, 2.45) is 0 Å². The van der Waals surface area contributed by atoms with Crippen molar-refractivity contribution in [2.45, 2.75) is 13.0 Å². The van der Waals surface area contributed by atoms with Crippen molar-refractivity contribution < 1.29 is 4.39 Å². The molecule has 0 heterocycles. The van der Waals surface area contributed by atoms with Crippen LogP contribution in [0.1, 0.15) is 16.7 Å². The van der Waals surface area contributed by atoms with Crippen molar-refractivity contribution in [3.05, 3.63) is 71.0 Å². The summed E-state index contributed by atoms with van der Waals surface area (Å²) in [5.41, 5.74) is 2.80. The molecule has 0 aliphatic carbocycles. The van der Waals surface area contributed by atoms with E-state index in [0.717, 1.165) is 30.6 Å². The van der Waals surface area contributed by atoms with E-state index in [1.54, 1.807) is 12.1 Å². The number of halogens is 1. The highest BCUT2D eigenvalue weighted by Gasteiger charge is 1.96. The van der Waals surface area contributed by atoms with Gasteiger partial charge in [-0.3, -0.25) is 0 Å². The molecule has 96 valence electrons. The second-order valence-corrected chi connectivity index (χ2v) is 4.37. The van der Waals surface area contributed by atoms with E-state index in [4.69, 9.17) is 5.26 Å². The van der Waals surface area contributed by atoms with Gasteiger partial charge in [0.15, 0.2) is 0 Å². The Hall–Kier alpha value is -2.18. The molecule has 2 aromatic carbocycles. The summed E-state index contributed by atoms with van der Waals surface area (Å²) in [5, 5.41) is 12.0. The molecule has 0 saturated heterocycles.